The van der Waals surface area contributed by atoms with Crippen LogP contribution in [-0.2, 0) is 0 Å². The van der Waals surface area contributed by atoms with Gasteiger partial charge in [0, 0.05) is 32.4 Å². The molecule has 0 N–H and O–H groups in total. The van der Waals surface area contributed by atoms with Gasteiger partial charge in [-0.25, -0.2) is 4.98 Å². The lowest BCUT2D eigenvalue weighted by Gasteiger charge is -2.37. The van der Waals surface area contributed by atoms with Crippen molar-refractivity contribution in [3.8, 4) is 11.1 Å². The Kier molecular flexibility index (Phi) is 3.61. The van der Waals surface area contributed by atoms with Crippen molar-refractivity contribution >= 4 is 11.5 Å². The summed E-state index contributed by atoms with van der Waals surface area (Å²) in [6, 6.07) is 15.3. The van der Waals surface area contributed by atoms with E-state index in [-0.39, 0.29) is 10.9 Å². The Morgan fingerprint density at radius 2 is 1.42 bits per heavy atom. The molecule has 3 aromatic rings. The molecule has 5 heteroatoms. The zero-order valence-corrected chi connectivity index (χ0v) is 13.2. The van der Waals surface area contributed by atoms with E-state index in [1.807, 2.05) is 53.4 Å². The van der Waals surface area contributed by atoms with E-state index in [2.05, 4.69) is 9.88 Å². The topological polar surface area (TPSA) is 53.5 Å². The fourth-order valence-corrected chi connectivity index (χ4v) is 3.25. The van der Waals surface area contributed by atoms with Crippen LogP contribution in [-0.4, -0.2) is 31.2 Å². The van der Waals surface area contributed by atoms with Crippen molar-refractivity contribution in [2.75, 3.05) is 36.0 Å². The van der Waals surface area contributed by atoms with Crippen molar-refractivity contribution in [1.29, 1.82) is 0 Å². The molecule has 0 bridgehead atoms. The molecule has 1 aliphatic rings. The molecule has 0 amide bonds. The number of rotatable bonds is 3. The van der Waals surface area contributed by atoms with Gasteiger partial charge >= 0.3 is 0 Å². The Bertz CT molecular complexity index is 907. The van der Waals surface area contributed by atoms with Crippen LogP contribution in [0.25, 0.3) is 11.1 Å². The average molecular weight is 319 g/mol. The highest BCUT2D eigenvalue weighted by molar-refractivity contribution is 5.82. The molecule has 2 heterocycles. The monoisotopic (exact) mass is 319 g/mol. The van der Waals surface area contributed by atoms with Gasteiger partial charge in [-0.3, -0.25) is 9.59 Å². The number of benzene rings is 1. The summed E-state index contributed by atoms with van der Waals surface area (Å²) in [5.41, 5.74) is 1.23. The van der Waals surface area contributed by atoms with E-state index in [1.54, 1.807) is 6.20 Å². The highest BCUT2D eigenvalue weighted by Crippen LogP contribution is 2.27. The standard InChI is InChI=1S/C19H17N3O2/c23-18-16(14-6-2-1-3-7-14)17(19(18)24)22-12-10-21(11-13-22)15-8-4-5-9-20-15/h1-9H,10-13H2. The van der Waals surface area contributed by atoms with Gasteiger partial charge in [-0.1, -0.05) is 36.4 Å². The molecule has 0 aliphatic carbocycles. The van der Waals surface area contributed by atoms with E-state index in [4.69, 9.17) is 0 Å². The van der Waals surface area contributed by atoms with E-state index in [0.717, 1.165) is 24.5 Å². The first-order chi connectivity index (χ1) is 11.8. The summed E-state index contributed by atoms with van der Waals surface area (Å²) in [7, 11) is 0. The van der Waals surface area contributed by atoms with Crippen molar-refractivity contribution in [2.45, 2.75) is 0 Å². The third kappa shape index (κ3) is 2.38. The fraction of sp³-hybridized carbons (Fsp3) is 0.211. The lowest BCUT2D eigenvalue weighted by molar-refractivity contribution is 0.645. The molecular weight excluding hydrogens is 302 g/mol. The Labute approximate surface area is 139 Å². The van der Waals surface area contributed by atoms with Crippen molar-refractivity contribution < 1.29 is 0 Å². The molecule has 0 atom stereocenters. The van der Waals surface area contributed by atoms with Gasteiger partial charge in [0.15, 0.2) is 0 Å². The zero-order chi connectivity index (χ0) is 16.5. The summed E-state index contributed by atoms with van der Waals surface area (Å²) < 4.78 is 0. The van der Waals surface area contributed by atoms with Crippen LogP contribution in [0.3, 0.4) is 0 Å². The first-order valence-corrected chi connectivity index (χ1v) is 8.05. The van der Waals surface area contributed by atoms with Gasteiger partial charge < -0.3 is 9.80 Å². The molecule has 0 radical (unpaired) electrons. The highest BCUT2D eigenvalue weighted by atomic mass is 16.2. The predicted octanol–water partition coefficient (Wildman–Crippen LogP) is 1.67. The van der Waals surface area contributed by atoms with Crippen LogP contribution in [0.1, 0.15) is 0 Å². The Morgan fingerprint density at radius 1 is 0.750 bits per heavy atom. The van der Waals surface area contributed by atoms with Gasteiger partial charge in [-0.15, -0.1) is 0 Å². The molecule has 0 spiro atoms. The number of piperazine rings is 1. The number of anilines is 2. The smallest absolute Gasteiger partial charge is 0.250 e. The molecule has 24 heavy (non-hydrogen) atoms. The zero-order valence-electron chi connectivity index (χ0n) is 13.2. The van der Waals surface area contributed by atoms with Crippen LogP contribution >= 0.6 is 0 Å². The maximum absolute atomic E-state index is 12.1. The van der Waals surface area contributed by atoms with E-state index in [0.29, 0.717) is 24.3 Å². The molecule has 0 unspecified atom stereocenters. The SMILES string of the molecule is O=c1c(-c2ccccc2)c(N2CCN(c3ccccn3)CC2)c1=O. The van der Waals surface area contributed by atoms with Crippen LogP contribution in [0, 0.1) is 0 Å². The van der Waals surface area contributed by atoms with Crippen LogP contribution in [0.5, 0.6) is 0 Å². The van der Waals surface area contributed by atoms with Crippen molar-refractivity contribution in [2.24, 2.45) is 0 Å². The molecule has 1 aromatic heterocycles. The first-order valence-electron chi connectivity index (χ1n) is 8.05. The molecule has 5 nitrogen and oxygen atoms in total. The lowest BCUT2D eigenvalue weighted by Crippen LogP contribution is -2.51. The van der Waals surface area contributed by atoms with Crippen LogP contribution < -0.4 is 20.7 Å². The number of hydrogen-bond acceptors (Lipinski definition) is 5. The lowest BCUT2D eigenvalue weighted by atomic mass is 9.97. The summed E-state index contributed by atoms with van der Waals surface area (Å²) in [6.07, 6.45) is 1.78. The molecule has 120 valence electrons. The molecule has 1 fully saturated rings. The van der Waals surface area contributed by atoms with Gasteiger partial charge in [-0.05, 0) is 17.7 Å². The summed E-state index contributed by atoms with van der Waals surface area (Å²) >= 11 is 0. The van der Waals surface area contributed by atoms with Crippen LogP contribution in [0.4, 0.5) is 11.5 Å². The van der Waals surface area contributed by atoms with E-state index in [1.165, 1.54) is 0 Å². The first kappa shape index (κ1) is 14.6. The normalized spacial score (nSPS) is 15.0. The predicted molar refractivity (Wildman–Crippen MR) is 95.5 cm³/mol. The molecule has 4 rings (SSSR count). The van der Waals surface area contributed by atoms with Gasteiger partial charge in [-0.2, -0.15) is 0 Å². The highest BCUT2D eigenvalue weighted by Gasteiger charge is 2.29. The third-order valence-electron chi connectivity index (χ3n) is 4.52. The summed E-state index contributed by atoms with van der Waals surface area (Å²) in [5, 5.41) is 0. The summed E-state index contributed by atoms with van der Waals surface area (Å²) in [6.45, 7) is 2.98. The Morgan fingerprint density at radius 3 is 2.08 bits per heavy atom. The number of aromatic nitrogens is 1. The van der Waals surface area contributed by atoms with Gasteiger partial charge in [0.05, 0.1) is 5.56 Å². The third-order valence-corrected chi connectivity index (χ3v) is 4.52. The van der Waals surface area contributed by atoms with Crippen molar-refractivity contribution in [1.82, 2.24) is 4.98 Å². The maximum Gasteiger partial charge on any atom is 0.250 e. The molecule has 1 aliphatic heterocycles. The van der Waals surface area contributed by atoms with Crippen molar-refractivity contribution in [3.63, 3.8) is 0 Å². The van der Waals surface area contributed by atoms with Gasteiger partial charge in [0.2, 0.25) is 10.9 Å². The fourth-order valence-electron chi connectivity index (χ4n) is 3.25. The average Bonchev–Trinajstić information content (AvgIpc) is 2.67. The van der Waals surface area contributed by atoms with E-state index >= 15 is 0 Å². The second kappa shape index (κ2) is 5.92. The van der Waals surface area contributed by atoms with Crippen LogP contribution in [0.2, 0.25) is 0 Å². The summed E-state index contributed by atoms with van der Waals surface area (Å²) in [5.74, 6) is 0.949. The summed E-state index contributed by atoms with van der Waals surface area (Å²) in [4.78, 5) is 32.8. The molecule has 1 saturated heterocycles. The minimum absolute atomic E-state index is 0.361. The quantitative estimate of drug-likeness (QED) is 0.688. The number of pyridine rings is 1. The number of hydrogen-bond donors (Lipinski definition) is 0. The molecular formula is C19H17N3O2. The van der Waals surface area contributed by atoms with Gasteiger partial charge in [0.1, 0.15) is 11.5 Å². The Balaban J connectivity index is 1.56. The second-order valence-corrected chi connectivity index (χ2v) is 5.91. The number of nitrogens with zero attached hydrogens (tertiary/aromatic N) is 3. The largest absolute Gasteiger partial charge is 0.364 e. The minimum atomic E-state index is -0.372. The second-order valence-electron chi connectivity index (χ2n) is 5.91. The van der Waals surface area contributed by atoms with E-state index < -0.39 is 0 Å². The van der Waals surface area contributed by atoms with Crippen molar-refractivity contribution in [3.05, 3.63) is 75.2 Å². The van der Waals surface area contributed by atoms with E-state index in [9.17, 15) is 9.59 Å². The maximum atomic E-state index is 12.1. The minimum Gasteiger partial charge on any atom is -0.364 e. The van der Waals surface area contributed by atoms with Gasteiger partial charge in [0.25, 0.3) is 0 Å². The molecule has 0 saturated carbocycles. The Hall–Kier alpha value is -2.95. The van der Waals surface area contributed by atoms with Crippen LogP contribution in [0.15, 0.2) is 64.3 Å². The molecule has 2 aromatic carbocycles.